The van der Waals surface area contributed by atoms with E-state index in [2.05, 4.69) is 5.10 Å². The third kappa shape index (κ3) is 3.39. The molecule has 0 bridgehead atoms. The Labute approximate surface area is 156 Å². The van der Waals surface area contributed by atoms with Gasteiger partial charge in [-0.25, -0.2) is 0 Å². The summed E-state index contributed by atoms with van der Waals surface area (Å²) in [6.07, 6.45) is 0.131. The number of nitro benzene ring substituents is 1. The molecular formula is C19H20N4O4. The van der Waals surface area contributed by atoms with Crippen molar-refractivity contribution < 1.29 is 14.8 Å². The molecule has 2 aromatic rings. The van der Waals surface area contributed by atoms with Gasteiger partial charge in [-0.2, -0.15) is 10.1 Å². The molecule has 1 aliphatic rings. The van der Waals surface area contributed by atoms with Crippen molar-refractivity contribution in [2.45, 2.75) is 19.1 Å². The van der Waals surface area contributed by atoms with Crippen LogP contribution < -0.4 is 4.90 Å². The highest BCUT2D eigenvalue weighted by Crippen LogP contribution is 2.37. The summed E-state index contributed by atoms with van der Waals surface area (Å²) in [7, 11) is 3.80. The quantitative estimate of drug-likeness (QED) is 0.661. The lowest BCUT2D eigenvalue weighted by Crippen LogP contribution is -2.43. The molecule has 1 N–H and O–H groups in total. The minimum absolute atomic E-state index is 0.0878. The fourth-order valence-electron chi connectivity index (χ4n) is 3.03. The van der Waals surface area contributed by atoms with Crippen LogP contribution >= 0.6 is 0 Å². The highest BCUT2D eigenvalue weighted by Gasteiger charge is 2.45. The first-order chi connectivity index (χ1) is 12.7. The number of hydrazone groups is 1. The lowest BCUT2D eigenvalue weighted by atomic mass is 9.97. The number of nitrogens with zero attached hydrogens (tertiary/aromatic N) is 4. The molecule has 3 rings (SSSR count). The SMILES string of the molecule is CC1=NN(C(=O)c2ccc(N(C)C)cc2)C(O)(c2ccc([N+](=O)[O-])cc2)C1. The zero-order chi connectivity index (χ0) is 19.8. The summed E-state index contributed by atoms with van der Waals surface area (Å²) >= 11 is 0. The van der Waals surface area contributed by atoms with Gasteiger partial charge in [-0.05, 0) is 43.3 Å². The molecule has 0 radical (unpaired) electrons. The number of benzene rings is 2. The summed E-state index contributed by atoms with van der Waals surface area (Å²) in [6.45, 7) is 1.72. The van der Waals surface area contributed by atoms with Gasteiger partial charge < -0.3 is 10.0 Å². The van der Waals surface area contributed by atoms with E-state index >= 15 is 0 Å². The highest BCUT2D eigenvalue weighted by atomic mass is 16.6. The number of anilines is 1. The number of aliphatic hydroxyl groups is 1. The van der Waals surface area contributed by atoms with Gasteiger partial charge in [-0.15, -0.1) is 0 Å². The zero-order valence-corrected chi connectivity index (χ0v) is 15.3. The molecule has 0 spiro atoms. The van der Waals surface area contributed by atoms with Crippen LogP contribution in [0.5, 0.6) is 0 Å². The molecule has 0 aliphatic carbocycles. The molecule has 0 saturated carbocycles. The standard InChI is InChI=1S/C19H20N4O4/c1-13-12-19(25,15-6-10-17(11-7-15)23(26)27)22(20-13)18(24)14-4-8-16(9-5-14)21(2)3/h4-11,25H,12H2,1-3H3. The third-order valence-electron chi connectivity index (χ3n) is 4.49. The maximum absolute atomic E-state index is 13.0. The monoisotopic (exact) mass is 368 g/mol. The average Bonchev–Trinajstić information content (AvgIpc) is 2.96. The van der Waals surface area contributed by atoms with Crippen molar-refractivity contribution in [2.75, 3.05) is 19.0 Å². The Kier molecular flexibility index (Phi) is 4.67. The number of carbonyl (C=O) groups is 1. The Bertz CT molecular complexity index is 906. The van der Waals surface area contributed by atoms with Crippen molar-refractivity contribution in [3.63, 3.8) is 0 Å². The second-order valence-corrected chi connectivity index (χ2v) is 6.69. The maximum Gasteiger partial charge on any atom is 0.276 e. The number of hydrogen-bond donors (Lipinski definition) is 1. The van der Waals surface area contributed by atoms with E-state index in [1.165, 1.54) is 24.3 Å². The van der Waals surface area contributed by atoms with E-state index in [9.17, 15) is 20.0 Å². The molecule has 0 fully saturated rings. The second kappa shape index (κ2) is 6.81. The van der Waals surface area contributed by atoms with Crippen molar-refractivity contribution in [3.05, 3.63) is 69.8 Å². The summed E-state index contributed by atoms with van der Waals surface area (Å²) in [5, 5.41) is 27.3. The second-order valence-electron chi connectivity index (χ2n) is 6.69. The lowest BCUT2D eigenvalue weighted by molar-refractivity contribution is -0.384. The average molecular weight is 368 g/mol. The van der Waals surface area contributed by atoms with Crippen LogP contribution in [0.2, 0.25) is 0 Å². The van der Waals surface area contributed by atoms with Crippen molar-refractivity contribution in [3.8, 4) is 0 Å². The van der Waals surface area contributed by atoms with Gasteiger partial charge in [-0.1, -0.05) is 0 Å². The molecule has 0 saturated heterocycles. The van der Waals surface area contributed by atoms with Gasteiger partial charge in [0.05, 0.1) is 4.92 Å². The molecular weight excluding hydrogens is 348 g/mol. The Morgan fingerprint density at radius 2 is 1.78 bits per heavy atom. The zero-order valence-electron chi connectivity index (χ0n) is 15.3. The van der Waals surface area contributed by atoms with Crippen LogP contribution in [-0.2, 0) is 5.72 Å². The third-order valence-corrected chi connectivity index (χ3v) is 4.49. The van der Waals surface area contributed by atoms with Crippen LogP contribution in [0.1, 0.15) is 29.3 Å². The molecule has 1 atom stereocenters. The molecule has 27 heavy (non-hydrogen) atoms. The summed E-state index contributed by atoms with van der Waals surface area (Å²) in [4.78, 5) is 25.2. The van der Waals surface area contributed by atoms with E-state index in [1.807, 2.05) is 31.1 Å². The first-order valence-corrected chi connectivity index (χ1v) is 8.36. The topological polar surface area (TPSA) is 99.3 Å². The number of non-ortho nitro benzene ring substituents is 1. The number of rotatable bonds is 4. The number of nitro groups is 1. The Morgan fingerprint density at radius 1 is 1.19 bits per heavy atom. The van der Waals surface area contributed by atoms with Gasteiger partial charge in [0.25, 0.3) is 11.6 Å². The molecule has 8 nitrogen and oxygen atoms in total. The lowest BCUT2D eigenvalue weighted by Gasteiger charge is -2.31. The minimum Gasteiger partial charge on any atom is -0.378 e. The van der Waals surface area contributed by atoms with Gasteiger partial charge in [0.15, 0.2) is 5.72 Å². The summed E-state index contributed by atoms with van der Waals surface area (Å²) in [6, 6.07) is 12.5. The van der Waals surface area contributed by atoms with Crippen LogP contribution in [0.4, 0.5) is 11.4 Å². The maximum atomic E-state index is 13.0. The first kappa shape index (κ1) is 18.5. The predicted octanol–water partition coefficient (Wildman–Crippen LogP) is 2.73. The Hall–Kier alpha value is -3.26. The van der Waals surface area contributed by atoms with E-state index < -0.39 is 16.6 Å². The molecule has 1 amide bonds. The van der Waals surface area contributed by atoms with E-state index in [0.29, 0.717) is 16.8 Å². The predicted molar refractivity (Wildman–Crippen MR) is 102 cm³/mol. The van der Waals surface area contributed by atoms with Crippen molar-refractivity contribution in [1.82, 2.24) is 5.01 Å². The molecule has 1 aliphatic heterocycles. The molecule has 1 unspecified atom stereocenters. The van der Waals surface area contributed by atoms with Crippen molar-refractivity contribution in [2.24, 2.45) is 5.10 Å². The number of amides is 1. The normalized spacial score (nSPS) is 19.0. The number of hydrogen-bond acceptors (Lipinski definition) is 6. The largest absolute Gasteiger partial charge is 0.378 e. The molecule has 1 heterocycles. The van der Waals surface area contributed by atoms with Crippen LogP contribution in [0.25, 0.3) is 0 Å². The van der Waals surface area contributed by atoms with Gasteiger partial charge in [0, 0.05) is 55.2 Å². The van der Waals surface area contributed by atoms with Crippen LogP contribution in [0.3, 0.4) is 0 Å². The Balaban J connectivity index is 1.94. The Morgan fingerprint density at radius 3 is 2.30 bits per heavy atom. The molecule has 0 aromatic heterocycles. The summed E-state index contributed by atoms with van der Waals surface area (Å²) < 4.78 is 0. The van der Waals surface area contributed by atoms with Crippen molar-refractivity contribution in [1.29, 1.82) is 0 Å². The fraction of sp³-hybridized carbons (Fsp3) is 0.263. The van der Waals surface area contributed by atoms with Gasteiger partial charge in [0.2, 0.25) is 0 Å². The first-order valence-electron chi connectivity index (χ1n) is 8.36. The summed E-state index contributed by atoms with van der Waals surface area (Å²) in [5.74, 6) is -0.446. The van der Waals surface area contributed by atoms with E-state index in [0.717, 1.165) is 10.7 Å². The van der Waals surface area contributed by atoms with Crippen LogP contribution in [0.15, 0.2) is 53.6 Å². The van der Waals surface area contributed by atoms with Crippen LogP contribution in [0, 0.1) is 10.1 Å². The van der Waals surface area contributed by atoms with E-state index in [1.54, 1.807) is 19.1 Å². The molecule has 140 valence electrons. The fourth-order valence-corrected chi connectivity index (χ4v) is 3.03. The van der Waals surface area contributed by atoms with E-state index in [4.69, 9.17) is 0 Å². The van der Waals surface area contributed by atoms with Gasteiger partial charge in [0.1, 0.15) is 0 Å². The summed E-state index contributed by atoms with van der Waals surface area (Å²) in [5.41, 5.74) is 0.519. The van der Waals surface area contributed by atoms with Gasteiger partial charge in [-0.3, -0.25) is 14.9 Å². The smallest absolute Gasteiger partial charge is 0.276 e. The number of carbonyl (C=O) groups excluding carboxylic acids is 1. The van der Waals surface area contributed by atoms with E-state index in [-0.39, 0.29) is 12.1 Å². The minimum atomic E-state index is -1.68. The molecule has 8 heteroatoms. The van der Waals surface area contributed by atoms with Crippen molar-refractivity contribution >= 4 is 23.0 Å². The van der Waals surface area contributed by atoms with Gasteiger partial charge >= 0.3 is 0 Å². The molecule has 2 aromatic carbocycles. The highest BCUT2D eigenvalue weighted by molar-refractivity contribution is 5.98. The van der Waals surface area contributed by atoms with Crippen LogP contribution in [-0.4, -0.2) is 40.8 Å².